The Hall–Kier alpha value is -3.54. The van der Waals surface area contributed by atoms with Crippen LogP contribution in [-0.2, 0) is 11.3 Å². The van der Waals surface area contributed by atoms with Crippen molar-refractivity contribution in [1.29, 1.82) is 0 Å². The van der Waals surface area contributed by atoms with Gasteiger partial charge in [0.15, 0.2) is 0 Å². The van der Waals surface area contributed by atoms with Gasteiger partial charge in [0.25, 0.3) is 0 Å². The number of pyridine rings is 2. The van der Waals surface area contributed by atoms with Crippen LogP contribution < -0.4 is 5.32 Å². The van der Waals surface area contributed by atoms with Crippen molar-refractivity contribution in [3.8, 4) is 11.3 Å². The Balaban J connectivity index is 1.64. The molecule has 0 aliphatic carbocycles. The third kappa shape index (κ3) is 3.62. The van der Waals surface area contributed by atoms with Gasteiger partial charge in [-0.3, -0.25) is 9.78 Å². The van der Waals surface area contributed by atoms with Crippen LogP contribution >= 0.6 is 0 Å². The van der Waals surface area contributed by atoms with Gasteiger partial charge in [0.05, 0.1) is 11.7 Å². The molecule has 4 aromatic rings. The van der Waals surface area contributed by atoms with Gasteiger partial charge < -0.3 is 9.88 Å². The SMILES string of the molecule is C[C@@H](NC(=O)Cn1c(-c2ccc(F)cc2)cc2cccnc21)c1ccncc1. The average molecular weight is 374 g/mol. The van der Waals surface area contributed by atoms with E-state index in [9.17, 15) is 9.18 Å². The van der Waals surface area contributed by atoms with Crippen molar-refractivity contribution in [2.45, 2.75) is 19.5 Å². The molecule has 6 heteroatoms. The van der Waals surface area contributed by atoms with Crippen LogP contribution in [0, 0.1) is 5.82 Å². The molecule has 1 atom stereocenters. The van der Waals surface area contributed by atoms with Crippen molar-refractivity contribution in [3.05, 3.63) is 84.6 Å². The number of amides is 1. The number of hydrogen-bond donors (Lipinski definition) is 1. The molecule has 0 radical (unpaired) electrons. The summed E-state index contributed by atoms with van der Waals surface area (Å²) in [5.74, 6) is -0.427. The van der Waals surface area contributed by atoms with Crippen molar-refractivity contribution in [1.82, 2.24) is 19.9 Å². The lowest BCUT2D eigenvalue weighted by atomic mass is 10.1. The van der Waals surface area contributed by atoms with Crippen LogP contribution in [0.3, 0.4) is 0 Å². The third-order valence-corrected chi connectivity index (χ3v) is 4.68. The van der Waals surface area contributed by atoms with Gasteiger partial charge in [-0.25, -0.2) is 9.37 Å². The number of carbonyl (C=O) groups is 1. The molecule has 0 fully saturated rings. The fourth-order valence-corrected chi connectivity index (χ4v) is 3.27. The van der Waals surface area contributed by atoms with E-state index in [1.807, 2.05) is 41.8 Å². The van der Waals surface area contributed by atoms with Crippen LogP contribution in [0.1, 0.15) is 18.5 Å². The highest BCUT2D eigenvalue weighted by Crippen LogP contribution is 2.27. The van der Waals surface area contributed by atoms with Gasteiger partial charge in [0.1, 0.15) is 18.0 Å². The van der Waals surface area contributed by atoms with Crippen LogP contribution in [0.25, 0.3) is 22.3 Å². The Morgan fingerprint density at radius 3 is 2.61 bits per heavy atom. The molecular formula is C22H19FN4O. The van der Waals surface area contributed by atoms with Gasteiger partial charge in [0.2, 0.25) is 5.91 Å². The van der Waals surface area contributed by atoms with Crippen LogP contribution in [-0.4, -0.2) is 20.4 Å². The van der Waals surface area contributed by atoms with E-state index in [4.69, 9.17) is 0 Å². The van der Waals surface area contributed by atoms with Crippen molar-refractivity contribution in [2.75, 3.05) is 0 Å². The van der Waals surface area contributed by atoms with Gasteiger partial charge in [-0.05, 0) is 72.6 Å². The number of fused-ring (bicyclic) bond motifs is 1. The predicted molar refractivity (Wildman–Crippen MR) is 106 cm³/mol. The Kier molecular flexibility index (Phi) is 4.85. The molecule has 1 aromatic carbocycles. The summed E-state index contributed by atoms with van der Waals surface area (Å²) in [6.45, 7) is 2.04. The molecule has 3 aromatic heterocycles. The van der Waals surface area contributed by atoms with Gasteiger partial charge in [-0.15, -0.1) is 0 Å². The Morgan fingerprint density at radius 1 is 1.11 bits per heavy atom. The number of carbonyl (C=O) groups excluding carboxylic acids is 1. The molecule has 140 valence electrons. The number of aromatic nitrogens is 3. The topological polar surface area (TPSA) is 59.8 Å². The normalized spacial score (nSPS) is 12.1. The summed E-state index contributed by atoms with van der Waals surface area (Å²) in [6.07, 6.45) is 5.10. The summed E-state index contributed by atoms with van der Waals surface area (Å²) in [5.41, 5.74) is 3.35. The second-order valence-electron chi connectivity index (χ2n) is 6.61. The minimum atomic E-state index is -0.298. The molecule has 0 aliphatic rings. The molecule has 0 saturated heterocycles. The van der Waals surface area contributed by atoms with Gasteiger partial charge >= 0.3 is 0 Å². The van der Waals surface area contributed by atoms with Gasteiger partial charge in [0, 0.05) is 24.0 Å². The fourth-order valence-electron chi connectivity index (χ4n) is 3.27. The van der Waals surface area contributed by atoms with Gasteiger partial charge in [-0.1, -0.05) is 0 Å². The fraction of sp³-hybridized carbons (Fsp3) is 0.136. The summed E-state index contributed by atoms with van der Waals surface area (Å²) in [5, 5.41) is 3.94. The molecule has 0 aliphatic heterocycles. The molecule has 1 amide bonds. The Bertz CT molecular complexity index is 1110. The highest BCUT2D eigenvalue weighted by Gasteiger charge is 2.16. The first-order valence-electron chi connectivity index (χ1n) is 9.01. The second-order valence-corrected chi connectivity index (χ2v) is 6.61. The quantitative estimate of drug-likeness (QED) is 0.572. The molecule has 1 N–H and O–H groups in total. The maximum absolute atomic E-state index is 13.3. The lowest BCUT2D eigenvalue weighted by molar-refractivity contribution is -0.122. The lowest BCUT2D eigenvalue weighted by Crippen LogP contribution is -2.30. The molecule has 4 rings (SSSR count). The predicted octanol–water partition coefficient (Wildman–Crippen LogP) is 4.11. The summed E-state index contributed by atoms with van der Waals surface area (Å²) in [7, 11) is 0. The van der Waals surface area contributed by atoms with E-state index in [0.29, 0.717) is 5.65 Å². The van der Waals surface area contributed by atoms with Crippen LogP contribution in [0.15, 0.2) is 73.2 Å². The molecule has 0 unspecified atom stereocenters. The molecule has 0 spiro atoms. The second kappa shape index (κ2) is 7.60. The first-order valence-corrected chi connectivity index (χ1v) is 9.01. The Labute approximate surface area is 161 Å². The highest BCUT2D eigenvalue weighted by atomic mass is 19.1. The third-order valence-electron chi connectivity index (χ3n) is 4.68. The Morgan fingerprint density at radius 2 is 1.86 bits per heavy atom. The summed E-state index contributed by atoms with van der Waals surface area (Å²) < 4.78 is 15.2. The zero-order chi connectivity index (χ0) is 19.5. The highest BCUT2D eigenvalue weighted by molar-refractivity contribution is 5.87. The zero-order valence-corrected chi connectivity index (χ0v) is 15.3. The van der Waals surface area contributed by atoms with E-state index >= 15 is 0 Å². The lowest BCUT2D eigenvalue weighted by Gasteiger charge is -2.16. The van der Waals surface area contributed by atoms with E-state index in [1.54, 1.807) is 30.7 Å². The molecule has 0 saturated carbocycles. The number of nitrogens with zero attached hydrogens (tertiary/aromatic N) is 3. The van der Waals surface area contributed by atoms with Crippen LogP contribution in [0.4, 0.5) is 4.39 Å². The maximum atomic E-state index is 13.3. The number of hydrogen-bond acceptors (Lipinski definition) is 3. The smallest absolute Gasteiger partial charge is 0.240 e. The monoisotopic (exact) mass is 374 g/mol. The van der Waals surface area contributed by atoms with Crippen molar-refractivity contribution in [2.24, 2.45) is 0 Å². The van der Waals surface area contributed by atoms with Crippen molar-refractivity contribution >= 4 is 16.9 Å². The molecule has 5 nitrogen and oxygen atoms in total. The summed E-state index contributed by atoms with van der Waals surface area (Å²) in [6, 6.07) is 15.6. The number of rotatable bonds is 5. The first-order chi connectivity index (χ1) is 13.6. The van der Waals surface area contributed by atoms with E-state index in [1.165, 1.54) is 12.1 Å². The minimum absolute atomic E-state index is 0.114. The molecule has 0 bridgehead atoms. The maximum Gasteiger partial charge on any atom is 0.240 e. The summed E-state index contributed by atoms with van der Waals surface area (Å²) in [4.78, 5) is 21.2. The summed E-state index contributed by atoms with van der Waals surface area (Å²) >= 11 is 0. The van der Waals surface area contributed by atoms with Gasteiger partial charge in [-0.2, -0.15) is 0 Å². The number of nitrogens with one attached hydrogen (secondary N) is 1. The van der Waals surface area contributed by atoms with E-state index in [-0.39, 0.29) is 24.3 Å². The number of halogens is 1. The average Bonchev–Trinajstić information content (AvgIpc) is 3.07. The molecule has 3 heterocycles. The molecular weight excluding hydrogens is 355 g/mol. The van der Waals surface area contributed by atoms with E-state index in [2.05, 4.69) is 15.3 Å². The minimum Gasteiger partial charge on any atom is -0.348 e. The van der Waals surface area contributed by atoms with Crippen LogP contribution in [0.2, 0.25) is 0 Å². The van der Waals surface area contributed by atoms with Crippen molar-refractivity contribution in [3.63, 3.8) is 0 Å². The first kappa shape index (κ1) is 17.9. The number of benzene rings is 1. The van der Waals surface area contributed by atoms with Crippen LogP contribution in [0.5, 0.6) is 0 Å². The largest absolute Gasteiger partial charge is 0.348 e. The van der Waals surface area contributed by atoms with E-state index < -0.39 is 0 Å². The zero-order valence-electron chi connectivity index (χ0n) is 15.3. The standard InChI is InChI=1S/C22H19FN4O/c1-15(16-8-11-24-12-9-16)26-21(28)14-27-20(17-4-6-19(23)7-5-17)13-18-3-2-10-25-22(18)27/h2-13,15H,14H2,1H3,(H,26,28)/t15-/m1/s1. The van der Waals surface area contributed by atoms with E-state index in [0.717, 1.165) is 22.2 Å². The van der Waals surface area contributed by atoms with Crippen molar-refractivity contribution < 1.29 is 9.18 Å². The molecule has 28 heavy (non-hydrogen) atoms.